The van der Waals surface area contributed by atoms with Gasteiger partial charge in [0.2, 0.25) is 5.91 Å². The molecule has 1 aliphatic rings. The van der Waals surface area contributed by atoms with E-state index in [-0.39, 0.29) is 50.9 Å². The van der Waals surface area contributed by atoms with Crippen molar-refractivity contribution in [3.05, 3.63) is 0 Å². The first-order valence-electron chi connectivity index (χ1n) is 7.14. The molecule has 0 aliphatic carbocycles. The highest BCUT2D eigenvalue weighted by Gasteiger charge is 2.32. The summed E-state index contributed by atoms with van der Waals surface area (Å²) in [5.74, 6) is -3.01. The highest BCUT2D eigenvalue weighted by atomic mass is 16.7. The molecule has 0 aromatic heterocycles. The van der Waals surface area contributed by atoms with Crippen molar-refractivity contribution >= 4 is 35.3 Å². The summed E-state index contributed by atoms with van der Waals surface area (Å²) in [6, 6.07) is 0. The van der Waals surface area contributed by atoms with Crippen molar-refractivity contribution in [3.8, 4) is 0 Å². The molecule has 3 amide bonds. The van der Waals surface area contributed by atoms with E-state index in [1.54, 1.807) is 0 Å². The van der Waals surface area contributed by atoms with Crippen LogP contribution in [0.2, 0.25) is 0 Å². The first-order valence-corrected chi connectivity index (χ1v) is 7.14. The fraction of sp³-hybridized carbons (Fsp3) is 0.571. The van der Waals surface area contributed by atoms with Crippen LogP contribution in [0.4, 0.5) is 0 Å². The monoisotopic (exact) mass is 326 g/mol. The van der Waals surface area contributed by atoms with Crippen LogP contribution >= 0.6 is 0 Å². The molecule has 23 heavy (non-hydrogen) atoms. The molecule has 0 atom stereocenters. The van der Waals surface area contributed by atoms with E-state index >= 15 is 0 Å². The third kappa shape index (κ3) is 6.81. The van der Waals surface area contributed by atoms with Gasteiger partial charge >= 0.3 is 5.97 Å². The van der Waals surface area contributed by atoms with E-state index in [2.05, 4.69) is 10.2 Å². The van der Waals surface area contributed by atoms with Crippen LogP contribution in [-0.2, 0) is 33.6 Å². The molecule has 1 fully saturated rings. The molecule has 0 radical (unpaired) electrons. The van der Waals surface area contributed by atoms with Crippen molar-refractivity contribution in [2.45, 2.75) is 45.4 Å². The number of carbonyl (C=O) groups is 6. The highest BCUT2D eigenvalue weighted by molar-refractivity contribution is 6.01. The van der Waals surface area contributed by atoms with E-state index in [0.29, 0.717) is 5.06 Å². The lowest BCUT2D eigenvalue weighted by molar-refractivity contribution is -0.197. The van der Waals surface area contributed by atoms with Crippen molar-refractivity contribution in [1.82, 2.24) is 10.4 Å². The van der Waals surface area contributed by atoms with Crippen LogP contribution in [0, 0.1) is 0 Å². The molecule has 126 valence electrons. The fourth-order valence-corrected chi connectivity index (χ4v) is 1.71. The minimum Gasteiger partial charge on any atom is -0.349 e. The van der Waals surface area contributed by atoms with E-state index in [1.807, 2.05) is 0 Å². The van der Waals surface area contributed by atoms with Crippen molar-refractivity contribution in [3.63, 3.8) is 0 Å². The number of nitrogens with zero attached hydrogens (tertiary/aromatic N) is 1. The summed E-state index contributed by atoms with van der Waals surface area (Å²) in [6.07, 6.45) is -0.399. The average molecular weight is 326 g/mol. The van der Waals surface area contributed by atoms with Crippen molar-refractivity contribution in [1.29, 1.82) is 0 Å². The maximum Gasteiger partial charge on any atom is 0.333 e. The predicted molar refractivity (Wildman–Crippen MR) is 74.3 cm³/mol. The zero-order chi connectivity index (χ0) is 17.4. The number of nitrogens with one attached hydrogen (secondary N) is 1. The first kappa shape index (κ1) is 18.5. The van der Waals surface area contributed by atoms with Gasteiger partial charge < -0.3 is 14.9 Å². The normalized spacial score (nSPS) is 13.9. The largest absolute Gasteiger partial charge is 0.349 e. The van der Waals surface area contributed by atoms with Gasteiger partial charge in [0.05, 0.1) is 13.0 Å². The number of imide groups is 1. The van der Waals surface area contributed by atoms with E-state index in [4.69, 9.17) is 0 Å². The number of hydroxylamine groups is 2. The van der Waals surface area contributed by atoms with Crippen LogP contribution in [0.5, 0.6) is 0 Å². The van der Waals surface area contributed by atoms with Crippen LogP contribution in [0.3, 0.4) is 0 Å². The van der Waals surface area contributed by atoms with Crippen LogP contribution < -0.4 is 5.32 Å². The Morgan fingerprint density at radius 3 is 2.17 bits per heavy atom. The Labute approximate surface area is 132 Å². The third-order valence-corrected chi connectivity index (χ3v) is 2.99. The lowest BCUT2D eigenvalue weighted by atomic mass is 10.2. The zero-order valence-electron chi connectivity index (χ0n) is 12.8. The summed E-state index contributed by atoms with van der Waals surface area (Å²) >= 11 is 0. The summed E-state index contributed by atoms with van der Waals surface area (Å²) in [7, 11) is 0. The first-order chi connectivity index (χ1) is 10.8. The van der Waals surface area contributed by atoms with Gasteiger partial charge in [-0.25, -0.2) is 4.79 Å². The molecule has 9 heteroatoms. The molecule has 0 unspecified atom stereocenters. The smallest absolute Gasteiger partial charge is 0.333 e. The Bertz CT molecular complexity index is 525. The van der Waals surface area contributed by atoms with Gasteiger partial charge in [-0.1, -0.05) is 0 Å². The third-order valence-electron chi connectivity index (χ3n) is 2.99. The quantitative estimate of drug-likeness (QED) is 0.562. The molecule has 0 bridgehead atoms. The Hall–Kier alpha value is -2.58. The lowest BCUT2D eigenvalue weighted by Gasteiger charge is -2.12. The van der Waals surface area contributed by atoms with Gasteiger partial charge in [0.25, 0.3) is 11.8 Å². The van der Waals surface area contributed by atoms with Gasteiger partial charge in [0.15, 0.2) is 5.78 Å². The second-order valence-corrected chi connectivity index (χ2v) is 5.06. The Morgan fingerprint density at radius 2 is 1.61 bits per heavy atom. The molecular formula is C14H18N2O7. The zero-order valence-corrected chi connectivity index (χ0v) is 12.8. The Balaban J connectivity index is 2.21. The lowest BCUT2D eigenvalue weighted by Crippen LogP contribution is -2.33. The summed E-state index contributed by atoms with van der Waals surface area (Å²) in [4.78, 5) is 72.1. The van der Waals surface area contributed by atoms with Gasteiger partial charge in [-0.05, 0) is 6.92 Å². The minimum absolute atomic E-state index is 0.00264. The second-order valence-electron chi connectivity index (χ2n) is 5.06. The highest BCUT2D eigenvalue weighted by Crippen LogP contribution is 2.12. The predicted octanol–water partition coefficient (Wildman–Crippen LogP) is -0.572. The van der Waals surface area contributed by atoms with Gasteiger partial charge in [0, 0.05) is 32.1 Å². The van der Waals surface area contributed by atoms with Crippen LogP contribution in [0.25, 0.3) is 0 Å². The molecule has 1 N–H and O–H groups in total. The topological polar surface area (TPSA) is 127 Å². The molecule has 1 heterocycles. The van der Waals surface area contributed by atoms with Crippen molar-refractivity contribution < 1.29 is 33.6 Å². The number of amides is 3. The number of hydrogen-bond donors (Lipinski definition) is 1. The average Bonchev–Trinajstić information content (AvgIpc) is 2.80. The van der Waals surface area contributed by atoms with E-state index in [1.165, 1.54) is 6.92 Å². The molecule has 0 saturated carbocycles. The van der Waals surface area contributed by atoms with Crippen LogP contribution in [0.15, 0.2) is 0 Å². The summed E-state index contributed by atoms with van der Waals surface area (Å²) in [5, 5.41) is 2.75. The van der Waals surface area contributed by atoms with Gasteiger partial charge in [0.1, 0.15) is 5.78 Å². The van der Waals surface area contributed by atoms with E-state index < -0.39 is 29.5 Å². The summed E-state index contributed by atoms with van der Waals surface area (Å²) < 4.78 is 0. The summed E-state index contributed by atoms with van der Waals surface area (Å²) in [5.41, 5.74) is 0. The molecule has 0 aromatic rings. The molecule has 9 nitrogen and oxygen atoms in total. The fourth-order valence-electron chi connectivity index (χ4n) is 1.71. The van der Waals surface area contributed by atoms with Gasteiger partial charge in [-0.2, -0.15) is 0 Å². The standard InChI is InChI=1S/C14H18N2O7/c1-9(17)2-4-11(19)15-8-10(18)3-7-14(22)23-16-12(20)5-6-13(16)21/h2-8H2,1H3,(H,15,19). The minimum atomic E-state index is -0.871. The number of carbonyl (C=O) groups excluding carboxylic acids is 6. The number of ketones is 2. The SMILES string of the molecule is CC(=O)CCC(=O)NCC(=O)CCC(=O)ON1C(=O)CCC1=O. The van der Waals surface area contributed by atoms with E-state index in [9.17, 15) is 28.8 Å². The second kappa shape index (κ2) is 8.76. The van der Waals surface area contributed by atoms with Crippen molar-refractivity contribution in [2.75, 3.05) is 6.54 Å². The Morgan fingerprint density at radius 1 is 1.00 bits per heavy atom. The molecular weight excluding hydrogens is 308 g/mol. The Kier molecular flexibility index (Phi) is 7.04. The molecule has 0 spiro atoms. The maximum absolute atomic E-state index is 11.5. The number of rotatable bonds is 9. The van der Waals surface area contributed by atoms with Gasteiger partial charge in [-0.3, -0.25) is 19.2 Å². The molecule has 1 saturated heterocycles. The molecule has 0 aromatic carbocycles. The van der Waals surface area contributed by atoms with Gasteiger partial charge in [-0.15, -0.1) is 5.06 Å². The maximum atomic E-state index is 11.5. The van der Waals surface area contributed by atoms with Crippen LogP contribution in [-0.4, -0.2) is 46.9 Å². The molecule has 1 aliphatic heterocycles. The number of hydrogen-bond acceptors (Lipinski definition) is 7. The number of Topliss-reactive ketones (excluding diaryl/α,β-unsaturated/α-hetero) is 2. The molecule has 1 rings (SSSR count). The summed E-state index contributed by atoms with van der Waals surface area (Å²) in [6.45, 7) is 1.10. The van der Waals surface area contributed by atoms with Crippen molar-refractivity contribution in [2.24, 2.45) is 0 Å². The van der Waals surface area contributed by atoms with Crippen LogP contribution in [0.1, 0.15) is 45.4 Å². The van der Waals surface area contributed by atoms with E-state index in [0.717, 1.165) is 0 Å².